The molecule has 0 unspecified atom stereocenters. The van der Waals surface area contributed by atoms with Crippen molar-refractivity contribution in [1.29, 1.82) is 0 Å². The highest BCUT2D eigenvalue weighted by molar-refractivity contribution is 9.10. The molecule has 0 aromatic carbocycles. The molecule has 0 aliphatic rings. The molecule has 0 radical (unpaired) electrons. The Morgan fingerprint density at radius 1 is 1.50 bits per heavy atom. The fourth-order valence-electron chi connectivity index (χ4n) is 1.14. The molecule has 1 amide bonds. The van der Waals surface area contributed by atoms with Crippen LogP contribution in [0, 0.1) is 0 Å². The number of halogens is 2. The van der Waals surface area contributed by atoms with Gasteiger partial charge < -0.3 is 5.73 Å². The van der Waals surface area contributed by atoms with Crippen molar-refractivity contribution in [2.24, 2.45) is 5.73 Å². The van der Waals surface area contributed by atoms with Crippen molar-refractivity contribution in [2.45, 2.75) is 0 Å². The van der Waals surface area contributed by atoms with Gasteiger partial charge >= 0.3 is 0 Å². The molecule has 0 fully saturated rings. The second-order valence-electron chi connectivity index (χ2n) is 3.00. The van der Waals surface area contributed by atoms with E-state index in [1.807, 2.05) is 0 Å². The molecule has 2 aromatic heterocycles. The maximum atomic E-state index is 10.9. The summed E-state index contributed by atoms with van der Waals surface area (Å²) in [5, 5.41) is 4.38. The molecule has 2 N–H and O–H groups in total. The molecular weight excluding hydrogens is 295 g/mol. The summed E-state index contributed by atoms with van der Waals surface area (Å²) in [6.07, 6.45) is 4.43. The summed E-state index contributed by atoms with van der Waals surface area (Å²) in [7, 11) is 0. The van der Waals surface area contributed by atoms with Gasteiger partial charge in [-0.15, -0.1) is 0 Å². The number of hydrogen-bond acceptors (Lipinski definition) is 3. The molecule has 0 bridgehead atoms. The Hall–Kier alpha value is -1.40. The van der Waals surface area contributed by atoms with Gasteiger partial charge in [0.1, 0.15) is 0 Å². The van der Waals surface area contributed by atoms with Gasteiger partial charge in [-0.25, -0.2) is 9.67 Å². The summed E-state index contributed by atoms with van der Waals surface area (Å²) in [6, 6.07) is 1.69. The maximum Gasteiger partial charge on any atom is 0.251 e. The Balaban J connectivity index is 2.46. The van der Waals surface area contributed by atoms with E-state index in [4.69, 9.17) is 17.3 Å². The molecule has 7 heteroatoms. The summed E-state index contributed by atoms with van der Waals surface area (Å²) in [6.45, 7) is 0. The Labute approximate surface area is 104 Å². The van der Waals surface area contributed by atoms with Gasteiger partial charge in [0.2, 0.25) is 0 Å². The quantitative estimate of drug-likeness (QED) is 0.919. The third-order valence-corrected chi connectivity index (χ3v) is 2.58. The van der Waals surface area contributed by atoms with Crippen LogP contribution in [-0.2, 0) is 0 Å². The van der Waals surface area contributed by atoms with Gasteiger partial charge in [0.05, 0.1) is 16.8 Å². The standard InChI is InChI=1S/C9H6BrClN4O/c10-6-1-7(11)9(13-3-6)15-4-5(2-14-15)8(12)16/h1-4H,(H2,12,16). The molecule has 0 aliphatic heterocycles. The first-order valence-corrected chi connectivity index (χ1v) is 5.41. The van der Waals surface area contributed by atoms with Crippen LogP contribution in [0.5, 0.6) is 0 Å². The monoisotopic (exact) mass is 300 g/mol. The van der Waals surface area contributed by atoms with E-state index in [1.165, 1.54) is 17.1 Å². The number of carbonyl (C=O) groups excluding carboxylic acids is 1. The number of pyridine rings is 1. The van der Waals surface area contributed by atoms with Crippen LogP contribution < -0.4 is 5.73 Å². The number of carbonyl (C=O) groups is 1. The number of primary amides is 1. The van der Waals surface area contributed by atoms with Crippen LogP contribution in [0.4, 0.5) is 0 Å². The van der Waals surface area contributed by atoms with Gasteiger partial charge in [0.15, 0.2) is 5.82 Å². The SMILES string of the molecule is NC(=O)c1cnn(-c2ncc(Br)cc2Cl)c1. The first-order chi connectivity index (χ1) is 7.58. The molecule has 82 valence electrons. The Bertz CT molecular complexity index is 554. The fraction of sp³-hybridized carbons (Fsp3) is 0. The highest BCUT2D eigenvalue weighted by Gasteiger charge is 2.09. The van der Waals surface area contributed by atoms with E-state index in [2.05, 4.69) is 26.0 Å². The molecule has 0 saturated carbocycles. The minimum atomic E-state index is -0.542. The summed E-state index contributed by atoms with van der Waals surface area (Å²) in [5.41, 5.74) is 5.42. The predicted octanol–water partition coefficient (Wildman–Crippen LogP) is 1.78. The van der Waals surface area contributed by atoms with Crippen LogP contribution in [0.1, 0.15) is 10.4 Å². The van der Waals surface area contributed by atoms with Crippen LogP contribution >= 0.6 is 27.5 Å². The van der Waals surface area contributed by atoms with E-state index in [0.717, 1.165) is 4.47 Å². The first-order valence-electron chi connectivity index (χ1n) is 4.24. The van der Waals surface area contributed by atoms with E-state index in [0.29, 0.717) is 16.4 Å². The van der Waals surface area contributed by atoms with Crippen molar-refractivity contribution < 1.29 is 4.79 Å². The van der Waals surface area contributed by atoms with E-state index in [9.17, 15) is 4.79 Å². The smallest absolute Gasteiger partial charge is 0.251 e. The number of rotatable bonds is 2. The molecular formula is C9H6BrClN4O. The molecule has 2 rings (SSSR count). The Morgan fingerprint density at radius 2 is 2.25 bits per heavy atom. The lowest BCUT2D eigenvalue weighted by Crippen LogP contribution is -2.09. The molecule has 16 heavy (non-hydrogen) atoms. The summed E-state index contributed by atoms with van der Waals surface area (Å²) < 4.78 is 2.16. The largest absolute Gasteiger partial charge is 0.366 e. The van der Waals surface area contributed by atoms with Crippen molar-refractivity contribution >= 4 is 33.4 Å². The maximum absolute atomic E-state index is 10.9. The zero-order valence-corrected chi connectivity index (χ0v) is 10.2. The van der Waals surface area contributed by atoms with Crippen LogP contribution in [0.25, 0.3) is 5.82 Å². The normalized spacial score (nSPS) is 10.4. The lowest BCUT2D eigenvalue weighted by Gasteiger charge is -2.02. The Morgan fingerprint density at radius 3 is 2.81 bits per heavy atom. The van der Waals surface area contributed by atoms with E-state index >= 15 is 0 Å². The Kier molecular flexibility index (Phi) is 2.93. The first kappa shape index (κ1) is 11.1. The zero-order valence-electron chi connectivity index (χ0n) is 7.89. The van der Waals surface area contributed by atoms with Gasteiger partial charge in [-0.05, 0) is 22.0 Å². The fourth-order valence-corrected chi connectivity index (χ4v) is 1.86. The van der Waals surface area contributed by atoms with E-state index < -0.39 is 5.91 Å². The van der Waals surface area contributed by atoms with Gasteiger partial charge in [-0.3, -0.25) is 4.79 Å². The van der Waals surface area contributed by atoms with Crippen LogP contribution in [0.2, 0.25) is 5.02 Å². The molecule has 0 saturated heterocycles. The topological polar surface area (TPSA) is 73.8 Å². The number of aromatic nitrogens is 3. The number of nitrogens with zero attached hydrogens (tertiary/aromatic N) is 3. The van der Waals surface area contributed by atoms with E-state index in [1.54, 1.807) is 12.3 Å². The molecule has 5 nitrogen and oxygen atoms in total. The van der Waals surface area contributed by atoms with Crippen LogP contribution in [-0.4, -0.2) is 20.7 Å². The van der Waals surface area contributed by atoms with Crippen molar-refractivity contribution in [3.63, 3.8) is 0 Å². The van der Waals surface area contributed by atoms with Gasteiger partial charge in [-0.2, -0.15) is 5.10 Å². The molecule has 0 spiro atoms. The summed E-state index contributed by atoms with van der Waals surface area (Å²) in [5.74, 6) is -0.100. The second-order valence-corrected chi connectivity index (χ2v) is 4.32. The van der Waals surface area contributed by atoms with Crippen molar-refractivity contribution in [2.75, 3.05) is 0 Å². The van der Waals surface area contributed by atoms with Gasteiger partial charge in [0.25, 0.3) is 5.91 Å². The minimum Gasteiger partial charge on any atom is -0.366 e. The van der Waals surface area contributed by atoms with Crippen LogP contribution in [0.15, 0.2) is 29.1 Å². The van der Waals surface area contributed by atoms with Gasteiger partial charge in [0, 0.05) is 16.9 Å². The van der Waals surface area contributed by atoms with Crippen molar-refractivity contribution in [3.05, 3.63) is 39.7 Å². The van der Waals surface area contributed by atoms with Crippen molar-refractivity contribution in [1.82, 2.24) is 14.8 Å². The third-order valence-electron chi connectivity index (χ3n) is 1.87. The number of hydrogen-bond donors (Lipinski definition) is 1. The molecule has 0 aliphatic carbocycles. The number of nitrogens with two attached hydrogens (primary N) is 1. The van der Waals surface area contributed by atoms with Crippen molar-refractivity contribution in [3.8, 4) is 5.82 Å². The molecule has 2 aromatic rings. The van der Waals surface area contributed by atoms with Crippen LogP contribution in [0.3, 0.4) is 0 Å². The molecule has 0 atom stereocenters. The summed E-state index contributed by atoms with van der Waals surface area (Å²) >= 11 is 9.23. The minimum absolute atomic E-state index is 0.306. The molecule has 2 heterocycles. The highest BCUT2D eigenvalue weighted by atomic mass is 79.9. The third kappa shape index (κ3) is 2.07. The lowest BCUT2D eigenvalue weighted by atomic mass is 10.3. The second kappa shape index (κ2) is 4.23. The summed E-state index contributed by atoms with van der Waals surface area (Å²) in [4.78, 5) is 15.0. The zero-order chi connectivity index (χ0) is 11.7. The van der Waals surface area contributed by atoms with E-state index in [-0.39, 0.29) is 0 Å². The average Bonchev–Trinajstić information content (AvgIpc) is 2.66. The average molecular weight is 302 g/mol. The number of amides is 1. The predicted molar refractivity (Wildman–Crippen MR) is 62.6 cm³/mol. The van der Waals surface area contributed by atoms with Gasteiger partial charge in [-0.1, -0.05) is 11.6 Å². The lowest BCUT2D eigenvalue weighted by molar-refractivity contribution is 0.100. The highest BCUT2D eigenvalue weighted by Crippen LogP contribution is 2.21.